The zero-order valence-electron chi connectivity index (χ0n) is 6.48. The molecule has 0 bridgehead atoms. The zero-order valence-corrected chi connectivity index (χ0v) is 7.30. The largest absolute Gasteiger partial charge is 0.524 e. The molecule has 1 heterocycles. The third-order valence-electron chi connectivity index (χ3n) is 1.62. The molecule has 0 N–H and O–H groups in total. The maximum atomic E-state index is 8.48. The predicted molar refractivity (Wildman–Crippen MR) is 49.1 cm³/mol. The molecule has 58 valence electrons. The summed E-state index contributed by atoms with van der Waals surface area (Å²) in [6.07, 6.45) is 0. The number of rotatable bonds is 0. The van der Waals surface area contributed by atoms with Crippen LogP contribution in [0.4, 0.5) is 5.13 Å². The summed E-state index contributed by atoms with van der Waals surface area (Å²) in [5, 5.41) is 8.89. The fraction of sp³-hybridized carbons (Fsp3) is 0.125. The van der Waals surface area contributed by atoms with E-state index in [2.05, 4.69) is 9.96 Å². The van der Waals surface area contributed by atoms with Crippen molar-refractivity contribution in [2.24, 2.45) is 0 Å². The van der Waals surface area contributed by atoms with Gasteiger partial charge in [-0.15, -0.1) is 0 Å². The minimum atomic E-state index is 0.413. The van der Waals surface area contributed by atoms with Crippen LogP contribution in [-0.2, 0) is 0 Å². The van der Waals surface area contributed by atoms with Gasteiger partial charge in [0.2, 0.25) is 0 Å². The second kappa shape index (κ2) is 2.54. The van der Waals surface area contributed by atoms with Gasteiger partial charge in [0.1, 0.15) is 0 Å². The van der Waals surface area contributed by atoms with Crippen molar-refractivity contribution in [2.45, 2.75) is 6.92 Å². The van der Waals surface area contributed by atoms with Crippen LogP contribution in [0.15, 0.2) is 18.2 Å². The Morgan fingerprint density at radius 1 is 1.50 bits per heavy atom. The van der Waals surface area contributed by atoms with Crippen LogP contribution in [0.3, 0.4) is 0 Å². The molecule has 4 heteroatoms. The van der Waals surface area contributed by atoms with E-state index in [0.29, 0.717) is 5.13 Å². The quantitative estimate of drug-likeness (QED) is 0.579. The molecule has 0 atom stereocenters. The third kappa shape index (κ3) is 1.04. The molecule has 0 fully saturated rings. The van der Waals surface area contributed by atoms with Crippen molar-refractivity contribution in [3.05, 3.63) is 28.7 Å². The van der Waals surface area contributed by atoms with Gasteiger partial charge in [-0.1, -0.05) is 6.07 Å². The highest BCUT2D eigenvalue weighted by molar-refractivity contribution is 7.22. The SMILES string of the molecule is Cc1ccc2nc([N+]#N)sc2c1. The Labute approximate surface area is 73.3 Å². The maximum Gasteiger partial charge on any atom is 0.524 e. The molecule has 2 rings (SSSR count). The summed E-state index contributed by atoms with van der Waals surface area (Å²) in [6.45, 7) is 2.02. The lowest BCUT2D eigenvalue weighted by molar-refractivity contribution is 1.41. The molecule has 0 saturated heterocycles. The number of aromatic nitrogens is 1. The summed E-state index contributed by atoms with van der Waals surface area (Å²) in [5.41, 5.74) is 2.08. The number of thiazole rings is 1. The van der Waals surface area contributed by atoms with Crippen molar-refractivity contribution in [1.82, 2.24) is 4.98 Å². The van der Waals surface area contributed by atoms with Gasteiger partial charge >= 0.3 is 5.13 Å². The van der Waals surface area contributed by atoms with E-state index >= 15 is 0 Å². The zero-order chi connectivity index (χ0) is 8.55. The van der Waals surface area contributed by atoms with Crippen LogP contribution in [0.2, 0.25) is 0 Å². The lowest BCUT2D eigenvalue weighted by atomic mass is 10.2. The molecular formula is C8H6N3S+. The van der Waals surface area contributed by atoms with E-state index in [1.54, 1.807) is 0 Å². The fourth-order valence-electron chi connectivity index (χ4n) is 1.06. The highest BCUT2D eigenvalue weighted by Gasteiger charge is 2.13. The van der Waals surface area contributed by atoms with Crippen molar-refractivity contribution in [1.29, 1.82) is 5.39 Å². The standard InChI is InChI=1S/C8H6N3S/c1-5-2-3-6-7(4-5)12-8(10-6)11-9/h2-4H,1H3/q+1. The minimum absolute atomic E-state index is 0.413. The topological polar surface area (TPSA) is 41.0 Å². The van der Waals surface area contributed by atoms with Crippen molar-refractivity contribution < 1.29 is 0 Å². The monoisotopic (exact) mass is 176 g/mol. The first-order valence-corrected chi connectivity index (χ1v) is 4.33. The van der Waals surface area contributed by atoms with E-state index in [9.17, 15) is 0 Å². The van der Waals surface area contributed by atoms with E-state index < -0.39 is 0 Å². The second-order valence-corrected chi connectivity index (χ2v) is 3.58. The van der Waals surface area contributed by atoms with Gasteiger partial charge in [0.25, 0.3) is 0 Å². The smallest absolute Gasteiger partial charge is 0.0548 e. The molecule has 0 radical (unpaired) electrons. The number of nitrogens with zero attached hydrogens (tertiary/aromatic N) is 3. The molecule has 12 heavy (non-hydrogen) atoms. The van der Waals surface area contributed by atoms with Gasteiger partial charge in [0, 0.05) is 4.98 Å². The summed E-state index contributed by atoms with van der Waals surface area (Å²) in [5.74, 6) is 0. The van der Waals surface area contributed by atoms with Crippen LogP contribution in [0.1, 0.15) is 5.56 Å². The van der Waals surface area contributed by atoms with Gasteiger partial charge in [0.05, 0.1) is 10.1 Å². The second-order valence-electron chi connectivity index (χ2n) is 2.57. The van der Waals surface area contributed by atoms with Crippen molar-refractivity contribution in [3.63, 3.8) is 0 Å². The number of aryl methyl sites for hydroxylation is 1. The Kier molecular flexibility index (Phi) is 1.52. The Bertz CT molecular complexity index is 467. The molecular weight excluding hydrogens is 170 g/mol. The van der Waals surface area contributed by atoms with Crippen LogP contribution in [0, 0.1) is 12.3 Å². The number of benzene rings is 1. The van der Waals surface area contributed by atoms with Gasteiger partial charge in [-0.25, -0.2) is 0 Å². The van der Waals surface area contributed by atoms with E-state index in [-0.39, 0.29) is 0 Å². The first kappa shape index (κ1) is 7.19. The van der Waals surface area contributed by atoms with Crippen LogP contribution >= 0.6 is 11.3 Å². The van der Waals surface area contributed by atoms with Crippen LogP contribution < -0.4 is 0 Å². The van der Waals surface area contributed by atoms with Crippen LogP contribution in [-0.4, -0.2) is 4.98 Å². The maximum absolute atomic E-state index is 8.48. The number of fused-ring (bicyclic) bond motifs is 1. The van der Waals surface area contributed by atoms with Gasteiger partial charge in [-0.3, -0.25) is 0 Å². The lowest BCUT2D eigenvalue weighted by Crippen LogP contribution is -1.69. The Hall–Kier alpha value is -1.47. The molecule has 0 unspecified atom stereocenters. The van der Waals surface area contributed by atoms with Gasteiger partial charge < -0.3 is 0 Å². The molecule has 0 spiro atoms. The first-order chi connectivity index (χ1) is 5.79. The molecule has 0 amide bonds. The third-order valence-corrected chi connectivity index (χ3v) is 2.52. The van der Waals surface area contributed by atoms with Gasteiger partial charge in [-0.2, -0.15) is 0 Å². The molecule has 0 aliphatic rings. The Morgan fingerprint density at radius 3 is 3.08 bits per heavy atom. The van der Waals surface area contributed by atoms with E-state index in [0.717, 1.165) is 10.2 Å². The van der Waals surface area contributed by atoms with Gasteiger partial charge in [-0.05, 0) is 40.9 Å². The summed E-state index contributed by atoms with van der Waals surface area (Å²) >= 11 is 1.38. The average Bonchev–Trinajstić information content (AvgIpc) is 2.46. The first-order valence-electron chi connectivity index (χ1n) is 3.52. The summed E-state index contributed by atoms with van der Waals surface area (Å²) in [7, 11) is 0. The molecule has 1 aromatic carbocycles. The van der Waals surface area contributed by atoms with E-state index in [1.165, 1.54) is 16.9 Å². The summed E-state index contributed by atoms with van der Waals surface area (Å²) in [6, 6.07) is 5.95. The molecule has 2 aromatic rings. The van der Waals surface area contributed by atoms with E-state index in [4.69, 9.17) is 5.39 Å². The molecule has 0 aliphatic heterocycles. The molecule has 3 nitrogen and oxygen atoms in total. The lowest BCUT2D eigenvalue weighted by Gasteiger charge is -1.85. The molecule has 1 aromatic heterocycles. The van der Waals surface area contributed by atoms with E-state index in [1.807, 2.05) is 25.1 Å². The van der Waals surface area contributed by atoms with Crippen LogP contribution in [0.5, 0.6) is 0 Å². The average molecular weight is 176 g/mol. The Morgan fingerprint density at radius 2 is 2.33 bits per heavy atom. The molecule has 0 saturated carbocycles. The molecule has 0 aliphatic carbocycles. The number of diazo groups is 1. The number of hydrogen-bond acceptors (Lipinski definition) is 3. The predicted octanol–water partition coefficient (Wildman–Crippen LogP) is 3.09. The van der Waals surface area contributed by atoms with Crippen LogP contribution in [0.25, 0.3) is 15.2 Å². The van der Waals surface area contributed by atoms with Crippen molar-refractivity contribution in [2.75, 3.05) is 0 Å². The minimum Gasteiger partial charge on any atom is -0.0548 e. The van der Waals surface area contributed by atoms with Crippen molar-refractivity contribution in [3.8, 4) is 0 Å². The fourth-order valence-corrected chi connectivity index (χ4v) is 1.91. The highest BCUT2D eigenvalue weighted by atomic mass is 32.1. The Balaban J connectivity index is 2.77. The van der Waals surface area contributed by atoms with Gasteiger partial charge in [0.15, 0.2) is 5.52 Å². The normalized spacial score (nSPS) is 10.0. The van der Waals surface area contributed by atoms with Crippen molar-refractivity contribution >= 4 is 26.7 Å². The number of hydrogen-bond donors (Lipinski definition) is 0. The summed E-state index contributed by atoms with van der Waals surface area (Å²) in [4.78, 5) is 7.12. The summed E-state index contributed by atoms with van der Waals surface area (Å²) < 4.78 is 1.06. The highest BCUT2D eigenvalue weighted by Crippen LogP contribution is 2.28.